The lowest BCUT2D eigenvalue weighted by Gasteiger charge is -2.16. The van der Waals surface area contributed by atoms with E-state index in [-0.39, 0.29) is 11.9 Å². The van der Waals surface area contributed by atoms with Crippen LogP contribution in [-0.4, -0.2) is 11.9 Å². The van der Waals surface area contributed by atoms with E-state index in [0.717, 1.165) is 12.8 Å². The van der Waals surface area contributed by atoms with Gasteiger partial charge >= 0.3 is 0 Å². The van der Waals surface area contributed by atoms with Crippen molar-refractivity contribution in [3.05, 3.63) is 23.7 Å². The van der Waals surface area contributed by atoms with Crippen LogP contribution in [0.15, 0.2) is 16.5 Å². The molecule has 1 aromatic heterocycles. The normalized spacial score (nSPS) is 14.4. The van der Waals surface area contributed by atoms with Gasteiger partial charge in [0.2, 0.25) is 0 Å². The minimum absolute atomic E-state index is 0.156. The average Bonchev–Trinajstić information content (AvgIpc) is 2.77. The van der Waals surface area contributed by atoms with Gasteiger partial charge < -0.3 is 15.5 Å². The number of furan rings is 1. The van der Waals surface area contributed by atoms with Crippen molar-refractivity contribution in [2.45, 2.75) is 46.2 Å². The van der Waals surface area contributed by atoms with Crippen LogP contribution in [0.3, 0.4) is 0 Å². The van der Waals surface area contributed by atoms with Crippen molar-refractivity contribution in [1.82, 2.24) is 5.32 Å². The fourth-order valence-electron chi connectivity index (χ4n) is 1.73. The number of carbonyl (C=O) groups is 1. The molecule has 0 fully saturated rings. The molecule has 2 atom stereocenters. The summed E-state index contributed by atoms with van der Waals surface area (Å²) in [5.74, 6) is 1.41. The van der Waals surface area contributed by atoms with Gasteiger partial charge in [-0.15, -0.1) is 0 Å². The fourth-order valence-corrected chi connectivity index (χ4v) is 1.73. The second-order valence-electron chi connectivity index (χ2n) is 4.59. The Bertz CT molecular complexity index is 360. The number of carbonyl (C=O) groups excluding carboxylic acids is 1. The third-order valence-corrected chi connectivity index (χ3v) is 2.92. The Labute approximate surface area is 103 Å². The molecule has 3 N–H and O–H groups in total. The first-order chi connectivity index (χ1) is 8.06. The highest BCUT2D eigenvalue weighted by atomic mass is 16.4. The van der Waals surface area contributed by atoms with Crippen molar-refractivity contribution in [2.24, 2.45) is 11.7 Å². The van der Waals surface area contributed by atoms with Gasteiger partial charge in [-0.1, -0.05) is 20.3 Å². The maximum atomic E-state index is 11.8. The zero-order chi connectivity index (χ0) is 12.8. The molecule has 0 radical (unpaired) electrons. The van der Waals surface area contributed by atoms with Crippen LogP contribution >= 0.6 is 0 Å². The van der Waals surface area contributed by atoms with E-state index in [4.69, 9.17) is 10.2 Å². The number of hydrogen-bond acceptors (Lipinski definition) is 3. The van der Waals surface area contributed by atoms with Crippen LogP contribution in [0.25, 0.3) is 0 Å². The smallest absolute Gasteiger partial charge is 0.287 e. The standard InChI is InChI=1S/C13H22N2O2/c1-4-9(2)7-10(3)15-13(16)12-6-5-11(8-14)17-12/h5-6,9-10H,4,7-8,14H2,1-3H3,(H,15,16). The highest BCUT2D eigenvalue weighted by Crippen LogP contribution is 2.11. The minimum Gasteiger partial charge on any atom is -0.455 e. The van der Waals surface area contributed by atoms with Crippen LogP contribution < -0.4 is 11.1 Å². The van der Waals surface area contributed by atoms with Crippen LogP contribution in [0.1, 0.15) is 49.9 Å². The van der Waals surface area contributed by atoms with Crippen molar-refractivity contribution in [1.29, 1.82) is 0 Å². The summed E-state index contributed by atoms with van der Waals surface area (Å²) in [5.41, 5.74) is 5.42. The second-order valence-corrected chi connectivity index (χ2v) is 4.59. The summed E-state index contributed by atoms with van der Waals surface area (Å²) >= 11 is 0. The molecule has 4 nitrogen and oxygen atoms in total. The van der Waals surface area contributed by atoms with E-state index in [1.54, 1.807) is 12.1 Å². The Morgan fingerprint density at radius 2 is 2.18 bits per heavy atom. The number of nitrogens with one attached hydrogen (secondary N) is 1. The van der Waals surface area contributed by atoms with E-state index in [1.807, 2.05) is 6.92 Å². The molecule has 1 heterocycles. The Hall–Kier alpha value is -1.29. The lowest BCUT2D eigenvalue weighted by Crippen LogP contribution is -2.33. The summed E-state index contributed by atoms with van der Waals surface area (Å²) in [5, 5.41) is 2.93. The molecule has 1 rings (SSSR count). The van der Waals surface area contributed by atoms with Gasteiger partial charge in [0.1, 0.15) is 5.76 Å². The molecule has 96 valence electrons. The molecule has 0 spiro atoms. The highest BCUT2D eigenvalue weighted by Gasteiger charge is 2.14. The summed E-state index contributed by atoms with van der Waals surface area (Å²) in [6.07, 6.45) is 2.10. The number of rotatable bonds is 6. The molecule has 0 bridgehead atoms. The van der Waals surface area contributed by atoms with Gasteiger partial charge in [0.15, 0.2) is 5.76 Å². The van der Waals surface area contributed by atoms with Crippen LogP contribution in [0, 0.1) is 5.92 Å². The third-order valence-electron chi connectivity index (χ3n) is 2.92. The molecule has 2 unspecified atom stereocenters. The number of nitrogens with two attached hydrogens (primary N) is 1. The quantitative estimate of drug-likeness (QED) is 0.799. The molecule has 0 aromatic carbocycles. The molecular formula is C13H22N2O2. The Kier molecular flexibility index (Phi) is 5.22. The average molecular weight is 238 g/mol. The zero-order valence-corrected chi connectivity index (χ0v) is 10.8. The van der Waals surface area contributed by atoms with Gasteiger partial charge in [0.05, 0.1) is 6.54 Å². The van der Waals surface area contributed by atoms with Crippen molar-refractivity contribution in [3.63, 3.8) is 0 Å². The minimum atomic E-state index is -0.166. The monoisotopic (exact) mass is 238 g/mol. The van der Waals surface area contributed by atoms with Crippen LogP contribution in [0.2, 0.25) is 0 Å². The maximum Gasteiger partial charge on any atom is 0.287 e. The van der Waals surface area contributed by atoms with E-state index in [1.165, 1.54) is 0 Å². The van der Waals surface area contributed by atoms with Gasteiger partial charge in [0.25, 0.3) is 5.91 Å². The van der Waals surface area contributed by atoms with Gasteiger partial charge in [-0.25, -0.2) is 0 Å². The molecule has 0 aliphatic carbocycles. The first-order valence-electron chi connectivity index (χ1n) is 6.16. The van der Waals surface area contributed by atoms with Crippen LogP contribution in [0.4, 0.5) is 0 Å². The molecule has 1 amide bonds. The summed E-state index contributed by atoms with van der Waals surface area (Å²) in [7, 11) is 0. The first kappa shape index (κ1) is 13.8. The summed E-state index contributed by atoms with van der Waals surface area (Å²) in [6.45, 7) is 6.66. The Morgan fingerprint density at radius 1 is 1.47 bits per heavy atom. The number of hydrogen-bond donors (Lipinski definition) is 2. The Balaban J connectivity index is 2.48. The molecule has 0 aliphatic rings. The molecule has 4 heteroatoms. The topological polar surface area (TPSA) is 68.3 Å². The summed E-state index contributed by atoms with van der Waals surface area (Å²) in [4.78, 5) is 11.8. The molecule has 0 saturated heterocycles. The predicted octanol–water partition coefficient (Wildman–Crippen LogP) is 2.29. The van der Waals surface area contributed by atoms with Crippen molar-refractivity contribution >= 4 is 5.91 Å². The largest absolute Gasteiger partial charge is 0.455 e. The van der Waals surface area contributed by atoms with Crippen molar-refractivity contribution in [3.8, 4) is 0 Å². The SMILES string of the molecule is CCC(C)CC(C)NC(=O)c1ccc(CN)o1. The van der Waals surface area contributed by atoms with E-state index in [9.17, 15) is 4.79 Å². The molecule has 1 aromatic rings. The maximum absolute atomic E-state index is 11.8. The first-order valence-corrected chi connectivity index (χ1v) is 6.16. The lowest BCUT2D eigenvalue weighted by molar-refractivity contribution is 0.0905. The van der Waals surface area contributed by atoms with Crippen LogP contribution in [0.5, 0.6) is 0 Å². The van der Waals surface area contributed by atoms with E-state index in [2.05, 4.69) is 19.2 Å². The van der Waals surface area contributed by atoms with Crippen molar-refractivity contribution in [2.75, 3.05) is 0 Å². The zero-order valence-electron chi connectivity index (χ0n) is 10.8. The molecular weight excluding hydrogens is 216 g/mol. The molecule has 0 saturated carbocycles. The second kappa shape index (κ2) is 6.45. The lowest BCUT2D eigenvalue weighted by atomic mass is 10.0. The third kappa shape index (κ3) is 4.23. The molecule has 0 aliphatic heterocycles. The van der Waals surface area contributed by atoms with E-state index in [0.29, 0.717) is 24.0 Å². The molecule has 17 heavy (non-hydrogen) atoms. The predicted molar refractivity (Wildman–Crippen MR) is 67.6 cm³/mol. The van der Waals surface area contributed by atoms with Gasteiger partial charge in [0, 0.05) is 6.04 Å². The van der Waals surface area contributed by atoms with Crippen molar-refractivity contribution < 1.29 is 9.21 Å². The van der Waals surface area contributed by atoms with Gasteiger partial charge in [-0.05, 0) is 31.4 Å². The van der Waals surface area contributed by atoms with E-state index >= 15 is 0 Å². The van der Waals surface area contributed by atoms with Gasteiger partial charge in [-0.3, -0.25) is 4.79 Å². The number of amides is 1. The van der Waals surface area contributed by atoms with Crippen LogP contribution in [-0.2, 0) is 6.54 Å². The summed E-state index contributed by atoms with van der Waals surface area (Å²) < 4.78 is 5.29. The van der Waals surface area contributed by atoms with E-state index < -0.39 is 0 Å². The van der Waals surface area contributed by atoms with Gasteiger partial charge in [-0.2, -0.15) is 0 Å². The fraction of sp³-hybridized carbons (Fsp3) is 0.615. The summed E-state index contributed by atoms with van der Waals surface area (Å²) in [6, 6.07) is 3.55. The highest BCUT2D eigenvalue weighted by molar-refractivity contribution is 5.91. The Morgan fingerprint density at radius 3 is 2.71 bits per heavy atom.